The lowest BCUT2D eigenvalue weighted by Gasteiger charge is -1.89. The van der Waals surface area contributed by atoms with Gasteiger partial charge in [-0.2, -0.15) is 0 Å². The van der Waals surface area contributed by atoms with Crippen molar-refractivity contribution in [1.29, 1.82) is 0 Å². The van der Waals surface area contributed by atoms with E-state index in [0.29, 0.717) is 0 Å². The highest BCUT2D eigenvalue weighted by Crippen LogP contribution is 1.98. The zero-order chi connectivity index (χ0) is 6.95. The molecule has 1 radical (unpaired) electrons. The molecule has 0 aliphatic carbocycles. The molecule has 0 heterocycles. The summed E-state index contributed by atoms with van der Waals surface area (Å²) in [7, 11) is 0. The molecule has 0 spiro atoms. The van der Waals surface area contributed by atoms with Crippen molar-refractivity contribution in [3.05, 3.63) is 12.2 Å². The molecule has 0 N–H and O–H groups in total. The second kappa shape index (κ2) is 7.74. The molecule has 53 valence electrons. The minimum Gasteiger partial charge on any atom is -0.0813 e. The summed E-state index contributed by atoms with van der Waals surface area (Å²) in [5, 5.41) is 0. The van der Waals surface area contributed by atoms with E-state index in [9.17, 15) is 0 Å². The molecule has 0 aliphatic rings. The lowest BCUT2D eigenvalue weighted by atomic mass is 10.2. The van der Waals surface area contributed by atoms with Crippen LogP contribution in [0, 0.1) is 6.08 Å². The average molecular weight is 125 g/mol. The van der Waals surface area contributed by atoms with Gasteiger partial charge < -0.3 is 0 Å². The van der Waals surface area contributed by atoms with Gasteiger partial charge in [-0.15, -0.1) is 0 Å². The third-order valence-electron chi connectivity index (χ3n) is 1.27. The van der Waals surface area contributed by atoms with Gasteiger partial charge >= 0.3 is 0 Å². The molecule has 0 fully saturated rings. The molecule has 0 unspecified atom stereocenters. The van der Waals surface area contributed by atoms with Gasteiger partial charge in [0.2, 0.25) is 0 Å². The van der Waals surface area contributed by atoms with E-state index in [2.05, 4.69) is 26.0 Å². The van der Waals surface area contributed by atoms with Gasteiger partial charge in [-0.3, -0.25) is 0 Å². The summed E-state index contributed by atoms with van der Waals surface area (Å²) in [5.41, 5.74) is 0. The fourth-order valence-corrected chi connectivity index (χ4v) is 0.723. The standard InChI is InChI=1S/C9H17/c1-3-5-7-9-8-6-4-2/h5H,3-4,6,8-9H2,1-2H3. The van der Waals surface area contributed by atoms with Crippen molar-refractivity contribution >= 4 is 0 Å². The van der Waals surface area contributed by atoms with Gasteiger partial charge in [0, 0.05) is 0 Å². The topological polar surface area (TPSA) is 0 Å². The predicted molar refractivity (Wildman–Crippen MR) is 42.2 cm³/mol. The van der Waals surface area contributed by atoms with E-state index >= 15 is 0 Å². The van der Waals surface area contributed by atoms with Crippen molar-refractivity contribution in [3.8, 4) is 0 Å². The third-order valence-corrected chi connectivity index (χ3v) is 1.27. The molecule has 0 amide bonds. The number of hydrogen-bond donors (Lipinski definition) is 0. The van der Waals surface area contributed by atoms with Gasteiger partial charge in [-0.25, -0.2) is 0 Å². The van der Waals surface area contributed by atoms with Gasteiger partial charge in [0.15, 0.2) is 0 Å². The minimum absolute atomic E-state index is 1.13. The van der Waals surface area contributed by atoms with Crippen LogP contribution in [0.1, 0.15) is 46.0 Å². The van der Waals surface area contributed by atoms with Crippen molar-refractivity contribution in [2.45, 2.75) is 46.0 Å². The molecule has 0 aliphatic heterocycles. The van der Waals surface area contributed by atoms with Gasteiger partial charge in [0.1, 0.15) is 0 Å². The molecule has 0 aromatic carbocycles. The fourth-order valence-electron chi connectivity index (χ4n) is 0.723. The summed E-state index contributed by atoms with van der Waals surface area (Å²) >= 11 is 0. The predicted octanol–water partition coefficient (Wildman–Crippen LogP) is 3.34. The van der Waals surface area contributed by atoms with Crippen LogP contribution in [0.15, 0.2) is 6.08 Å². The zero-order valence-corrected chi connectivity index (χ0v) is 6.61. The van der Waals surface area contributed by atoms with Crippen molar-refractivity contribution in [3.63, 3.8) is 0 Å². The quantitative estimate of drug-likeness (QED) is 0.494. The maximum Gasteiger partial charge on any atom is -0.0279 e. The maximum atomic E-state index is 3.24. The van der Waals surface area contributed by atoms with Crippen LogP contribution in [0.2, 0.25) is 0 Å². The van der Waals surface area contributed by atoms with E-state index in [1.165, 1.54) is 19.3 Å². The summed E-state index contributed by atoms with van der Waals surface area (Å²) in [6.07, 6.45) is 11.6. The van der Waals surface area contributed by atoms with E-state index in [1.54, 1.807) is 0 Å². The first kappa shape index (κ1) is 8.74. The van der Waals surface area contributed by atoms with Gasteiger partial charge in [-0.05, 0) is 25.3 Å². The Morgan fingerprint density at radius 1 is 1.22 bits per heavy atom. The molecule has 9 heavy (non-hydrogen) atoms. The van der Waals surface area contributed by atoms with Crippen LogP contribution in [-0.4, -0.2) is 0 Å². The molecule has 0 saturated heterocycles. The van der Waals surface area contributed by atoms with Gasteiger partial charge in [0.25, 0.3) is 0 Å². The first-order chi connectivity index (χ1) is 4.41. The van der Waals surface area contributed by atoms with E-state index in [1.807, 2.05) is 0 Å². The molecule has 0 heteroatoms. The highest BCUT2D eigenvalue weighted by atomic mass is 13.9. The molecular formula is C9H17. The Bertz CT molecular complexity index is 62.4. The largest absolute Gasteiger partial charge is 0.0813 e. The normalized spacial score (nSPS) is 10.9. The second-order valence-electron chi connectivity index (χ2n) is 2.27. The van der Waals surface area contributed by atoms with Gasteiger partial charge in [-0.1, -0.05) is 32.8 Å². The SMILES string of the molecule is CC/C=[C]/CCCCC. The Morgan fingerprint density at radius 2 is 2.00 bits per heavy atom. The second-order valence-corrected chi connectivity index (χ2v) is 2.27. The van der Waals surface area contributed by atoms with Crippen molar-refractivity contribution in [2.24, 2.45) is 0 Å². The fraction of sp³-hybridized carbons (Fsp3) is 0.778. The molecule has 0 saturated carbocycles. The van der Waals surface area contributed by atoms with Crippen LogP contribution in [0.3, 0.4) is 0 Å². The van der Waals surface area contributed by atoms with E-state index < -0.39 is 0 Å². The van der Waals surface area contributed by atoms with Crippen LogP contribution in [-0.2, 0) is 0 Å². The Kier molecular flexibility index (Phi) is 7.52. The summed E-state index contributed by atoms with van der Waals surface area (Å²) in [5.74, 6) is 0. The first-order valence-corrected chi connectivity index (χ1v) is 3.96. The molecule has 0 rings (SSSR count). The van der Waals surface area contributed by atoms with Crippen molar-refractivity contribution in [1.82, 2.24) is 0 Å². The van der Waals surface area contributed by atoms with Crippen LogP contribution in [0.25, 0.3) is 0 Å². The third kappa shape index (κ3) is 7.74. The van der Waals surface area contributed by atoms with E-state index in [0.717, 1.165) is 12.8 Å². The monoisotopic (exact) mass is 125 g/mol. The first-order valence-electron chi connectivity index (χ1n) is 3.96. The van der Waals surface area contributed by atoms with Crippen LogP contribution in [0.4, 0.5) is 0 Å². The molecular weight excluding hydrogens is 108 g/mol. The van der Waals surface area contributed by atoms with Crippen molar-refractivity contribution < 1.29 is 0 Å². The van der Waals surface area contributed by atoms with Gasteiger partial charge in [0.05, 0.1) is 0 Å². The summed E-state index contributed by atoms with van der Waals surface area (Å²) in [4.78, 5) is 0. The molecule has 0 bridgehead atoms. The minimum atomic E-state index is 1.13. The molecule has 0 aromatic heterocycles. The summed E-state index contributed by atoms with van der Waals surface area (Å²) < 4.78 is 0. The lowest BCUT2D eigenvalue weighted by Crippen LogP contribution is -1.70. The molecule has 0 atom stereocenters. The van der Waals surface area contributed by atoms with Crippen LogP contribution >= 0.6 is 0 Å². The zero-order valence-electron chi connectivity index (χ0n) is 6.61. The lowest BCUT2D eigenvalue weighted by molar-refractivity contribution is 0.721. The highest BCUT2D eigenvalue weighted by Gasteiger charge is 1.80. The maximum absolute atomic E-state index is 3.24. The van der Waals surface area contributed by atoms with Crippen LogP contribution in [0.5, 0.6) is 0 Å². The van der Waals surface area contributed by atoms with E-state index in [4.69, 9.17) is 0 Å². The number of rotatable bonds is 5. The van der Waals surface area contributed by atoms with Crippen molar-refractivity contribution in [2.75, 3.05) is 0 Å². The number of allylic oxidation sites excluding steroid dienone is 2. The number of hydrogen-bond acceptors (Lipinski definition) is 0. The Hall–Kier alpha value is -0.260. The Balaban J connectivity index is 2.82. The Labute approximate surface area is 59.0 Å². The molecule has 0 nitrogen and oxygen atoms in total. The smallest absolute Gasteiger partial charge is 0.0279 e. The highest BCUT2D eigenvalue weighted by molar-refractivity contribution is 4.70. The molecule has 0 aromatic rings. The Morgan fingerprint density at radius 3 is 2.56 bits per heavy atom. The number of unbranched alkanes of at least 4 members (excludes halogenated alkanes) is 3. The van der Waals surface area contributed by atoms with E-state index in [-0.39, 0.29) is 0 Å². The summed E-state index contributed by atoms with van der Waals surface area (Å²) in [6, 6.07) is 0. The summed E-state index contributed by atoms with van der Waals surface area (Å²) in [6.45, 7) is 4.37. The average Bonchev–Trinajstić information content (AvgIpc) is 1.89. The van der Waals surface area contributed by atoms with Crippen LogP contribution < -0.4 is 0 Å².